The lowest BCUT2D eigenvalue weighted by molar-refractivity contribution is 0.658. The molecule has 7 heteroatoms. The molecule has 0 saturated heterocycles. The zero-order valence-corrected chi connectivity index (χ0v) is 14.4. The van der Waals surface area contributed by atoms with E-state index in [0.717, 1.165) is 28.6 Å². The maximum Gasteiger partial charge on any atom is 0.159 e. The molecule has 4 aromatic rings. The predicted molar refractivity (Wildman–Crippen MR) is 98.0 cm³/mol. The second kappa shape index (κ2) is 7.28. The summed E-state index contributed by atoms with van der Waals surface area (Å²) < 4.78 is 3.84. The molecule has 0 aliphatic rings. The van der Waals surface area contributed by atoms with Gasteiger partial charge in [-0.05, 0) is 25.1 Å². The van der Waals surface area contributed by atoms with Crippen LogP contribution in [0.15, 0.2) is 67.5 Å². The summed E-state index contributed by atoms with van der Waals surface area (Å²) in [6.45, 7) is 3.38. The molecule has 0 unspecified atom stereocenters. The van der Waals surface area contributed by atoms with E-state index in [1.54, 1.807) is 17.2 Å². The van der Waals surface area contributed by atoms with Gasteiger partial charge in [-0.2, -0.15) is 5.10 Å². The van der Waals surface area contributed by atoms with Gasteiger partial charge in [0.05, 0.1) is 11.9 Å². The number of aryl methyl sites for hydroxylation is 1. The standard InChI is InChI=1S/C19H19N7/c1-15-23-12-18(26(15)17-7-3-2-4-8-17)11-20-10-16-6-5-9-22-19(16)25-14-21-13-24-25/h2-9,12-14,20H,10-11H2,1H3. The molecule has 130 valence electrons. The van der Waals surface area contributed by atoms with Crippen LogP contribution in [0.2, 0.25) is 0 Å². The van der Waals surface area contributed by atoms with Crippen LogP contribution in [0.4, 0.5) is 0 Å². The van der Waals surface area contributed by atoms with E-state index in [-0.39, 0.29) is 0 Å². The number of hydrogen-bond acceptors (Lipinski definition) is 5. The van der Waals surface area contributed by atoms with Crippen molar-refractivity contribution < 1.29 is 0 Å². The summed E-state index contributed by atoms with van der Waals surface area (Å²) >= 11 is 0. The molecule has 7 nitrogen and oxygen atoms in total. The number of aromatic nitrogens is 6. The molecular formula is C19H19N7. The number of imidazole rings is 1. The van der Waals surface area contributed by atoms with Crippen molar-refractivity contribution in [3.05, 3.63) is 84.6 Å². The molecule has 0 aliphatic heterocycles. The average Bonchev–Trinajstić information content (AvgIpc) is 3.33. The van der Waals surface area contributed by atoms with Crippen molar-refractivity contribution >= 4 is 0 Å². The molecule has 26 heavy (non-hydrogen) atoms. The first-order chi connectivity index (χ1) is 12.8. The molecule has 0 saturated carbocycles. The van der Waals surface area contributed by atoms with Gasteiger partial charge in [0.15, 0.2) is 5.82 Å². The third-order valence-corrected chi connectivity index (χ3v) is 4.15. The maximum absolute atomic E-state index is 4.47. The van der Waals surface area contributed by atoms with Gasteiger partial charge in [-0.25, -0.2) is 19.6 Å². The average molecular weight is 345 g/mol. The van der Waals surface area contributed by atoms with E-state index in [1.165, 1.54) is 6.33 Å². The molecule has 0 aliphatic carbocycles. The molecule has 1 N–H and O–H groups in total. The monoisotopic (exact) mass is 345 g/mol. The topological polar surface area (TPSA) is 73.5 Å². The van der Waals surface area contributed by atoms with E-state index in [2.05, 4.69) is 42.1 Å². The van der Waals surface area contributed by atoms with E-state index in [1.807, 2.05) is 43.5 Å². The third-order valence-electron chi connectivity index (χ3n) is 4.15. The van der Waals surface area contributed by atoms with Gasteiger partial charge in [-0.3, -0.25) is 4.57 Å². The summed E-state index contributed by atoms with van der Waals surface area (Å²) in [5.41, 5.74) is 3.28. The minimum atomic E-state index is 0.669. The highest BCUT2D eigenvalue weighted by Gasteiger charge is 2.10. The largest absolute Gasteiger partial charge is 0.307 e. The Morgan fingerprint density at radius 3 is 2.69 bits per heavy atom. The summed E-state index contributed by atoms with van der Waals surface area (Å²) in [6.07, 6.45) is 6.83. The van der Waals surface area contributed by atoms with Crippen molar-refractivity contribution in [2.45, 2.75) is 20.0 Å². The Kier molecular flexibility index (Phi) is 4.53. The van der Waals surface area contributed by atoms with Gasteiger partial charge >= 0.3 is 0 Å². The Morgan fingerprint density at radius 2 is 1.88 bits per heavy atom. The molecule has 0 fully saturated rings. The molecule has 0 radical (unpaired) electrons. The molecule has 0 atom stereocenters. The zero-order valence-electron chi connectivity index (χ0n) is 14.4. The minimum Gasteiger partial charge on any atom is -0.307 e. The van der Waals surface area contributed by atoms with Crippen molar-refractivity contribution in [1.29, 1.82) is 0 Å². The van der Waals surface area contributed by atoms with Crippen LogP contribution in [-0.2, 0) is 13.1 Å². The lowest BCUT2D eigenvalue weighted by Gasteiger charge is -2.12. The lowest BCUT2D eigenvalue weighted by Crippen LogP contribution is -2.17. The van der Waals surface area contributed by atoms with Crippen molar-refractivity contribution in [2.75, 3.05) is 0 Å². The van der Waals surface area contributed by atoms with E-state index >= 15 is 0 Å². The summed E-state index contributed by atoms with van der Waals surface area (Å²) in [6, 6.07) is 14.2. The number of para-hydroxylation sites is 1. The van der Waals surface area contributed by atoms with Crippen molar-refractivity contribution in [3.63, 3.8) is 0 Å². The number of rotatable bonds is 6. The number of hydrogen-bond donors (Lipinski definition) is 1. The Hall–Kier alpha value is -3.32. The van der Waals surface area contributed by atoms with Crippen molar-refractivity contribution in [3.8, 4) is 11.5 Å². The van der Waals surface area contributed by atoms with E-state index in [0.29, 0.717) is 13.1 Å². The fourth-order valence-electron chi connectivity index (χ4n) is 2.96. The van der Waals surface area contributed by atoms with E-state index in [4.69, 9.17) is 0 Å². The fraction of sp³-hybridized carbons (Fsp3) is 0.158. The lowest BCUT2D eigenvalue weighted by atomic mass is 10.2. The summed E-state index contributed by atoms with van der Waals surface area (Å²) in [7, 11) is 0. The van der Waals surface area contributed by atoms with E-state index < -0.39 is 0 Å². The highest BCUT2D eigenvalue weighted by atomic mass is 15.3. The van der Waals surface area contributed by atoms with Gasteiger partial charge in [0.25, 0.3) is 0 Å². The number of pyridine rings is 1. The Labute approximate surface area is 151 Å². The minimum absolute atomic E-state index is 0.669. The fourth-order valence-corrected chi connectivity index (χ4v) is 2.96. The van der Waals surface area contributed by atoms with Gasteiger partial charge in [0, 0.05) is 30.5 Å². The SMILES string of the molecule is Cc1ncc(CNCc2cccnc2-n2cncn2)n1-c1ccccc1. The summed E-state index contributed by atoms with van der Waals surface area (Å²) in [5.74, 6) is 1.75. The molecule has 3 heterocycles. The second-order valence-electron chi connectivity index (χ2n) is 5.90. The summed E-state index contributed by atoms with van der Waals surface area (Å²) in [5, 5.41) is 7.65. The zero-order chi connectivity index (χ0) is 17.8. The van der Waals surface area contributed by atoms with E-state index in [9.17, 15) is 0 Å². The Balaban J connectivity index is 1.51. The van der Waals surface area contributed by atoms with Crippen LogP contribution in [0.3, 0.4) is 0 Å². The van der Waals surface area contributed by atoms with Gasteiger partial charge < -0.3 is 5.32 Å². The Morgan fingerprint density at radius 1 is 1.00 bits per heavy atom. The van der Waals surface area contributed by atoms with Crippen LogP contribution in [-0.4, -0.2) is 29.3 Å². The van der Waals surface area contributed by atoms with Crippen LogP contribution in [0.25, 0.3) is 11.5 Å². The molecule has 0 bridgehead atoms. The van der Waals surface area contributed by atoms with Crippen LogP contribution >= 0.6 is 0 Å². The maximum atomic E-state index is 4.47. The van der Waals surface area contributed by atoms with Gasteiger partial charge in [-0.15, -0.1) is 0 Å². The first kappa shape index (κ1) is 16.2. The smallest absolute Gasteiger partial charge is 0.159 e. The van der Waals surface area contributed by atoms with Gasteiger partial charge in [-0.1, -0.05) is 24.3 Å². The molecule has 4 rings (SSSR count). The molecule has 0 amide bonds. The highest BCUT2D eigenvalue weighted by molar-refractivity contribution is 5.35. The second-order valence-corrected chi connectivity index (χ2v) is 5.90. The number of nitrogens with zero attached hydrogens (tertiary/aromatic N) is 6. The molecule has 3 aromatic heterocycles. The third kappa shape index (κ3) is 3.25. The normalized spacial score (nSPS) is 11.0. The first-order valence-electron chi connectivity index (χ1n) is 8.41. The van der Waals surface area contributed by atoms with Gasteiger partial charge in [0.1, 0.15) is 18.5 Å². The quantitative estimate of drug-likeness (QED) is 0.581. The van der Waals surface area contributed by atoms with Crippen LogP contribution < -0.4 is 5.32 Å². The van der Waals surface area contributed by atoms with Gasteiger partial charge in [0.2, 0.25) is 0 Å². The summed E-state index contributed by atoms with van der Waals surface area (Å²) in [4.78, 5) is 12.9. The van der Waals surface area contributed by atoms with Crippen LogP contribution in [0.1, 0.15) is 17.1 Å². The van der Waals surface area contributed by atoms with Crippen molar-refractivity contribution in [1.82, 2.24) is 34.6 Å². The molecule has 1 aromatic carbocycles. The van der Waals surface area contributed by atoms with Crippen LogP contribution in [0, 0.1) is 6.92 Å². The first-order valence-corrected chi connectivity index (χ1v) is 8.41. The molecular weight excluding hydrogens is 326 g/mol. The number of nitrogens with one attached hydrogen (secondary N) is 1. The van der Waals surface area contributed by atoms with Crippen LogP contribution in [0.5, 0.6) is 0 Å². The Bertz CT molecular complexity index is 974. The van der Waals surface area contributed by atoms with Crippen molar-refractivity contribution in [2.24, 2.45) is 0 Å². The number of benzene rings is 1. The highest BCUT2D eigenvalue weighted by Crippen LogP contribution is 2.15. The predicted octanol–water partition coefficient (Wildman–Crippen LogP) is 2.45. The molecule has 0 spiro atoms.